The molecule has 1 N–H and O–H groups in total. The molecule has 180 valence electrons. The SMILES string of the molecule is CCN1CCN(c2ccc(S(=O)(=O)N(CC)CC)cc2NC(=O)c2cc(F)ccc2C)CC1. The number of piperazine rings is 1. The van der Waals surface area contributed by atoms with Crippen molar-refractivity contribution in [1.82, 2.24) is 9.21 Å². The van der Waals surface area contributed by atoms with E-state index >= 15 is 0 Å². The average molecular weight is 477 g/mol. The highest BCUT2D eigenvalue weighted by Crippen LogP contribution is 2.31. The first-order valence-electron chi connectivity index (χ1n) is 11.4. The third kappa shape index (κ3) is 5.54. The molecule has 0 aliphatic carbocycles. The van der Waals surface area contributed by atoms with Gasteiger partial charge in [0.05, 0.1) is 16.3 Å². The number of hydrogen-bond donors (Lipinski definition) is 1. The molecule has 0 aromatic heterocycles. The van der Waals surface area contributed by atoms with Crippen LogP contribution in [0.15, 0.2) is 41.3 Å². The van der Waals surface area contributed by atoms with Gasteiger partial charge in [0, 0.05) is 44.8 Å². The molecule has 2 aromatic rings. The van der Waals surface area contributed by atoms with Crippen LogP contribution in [0.1, 0.15) is 36.7 Å². The first-order valence-corrected chi connectivity index (χ1v) is 12.8. The van der Waals surface area contributed by atoms with Gasteiger partial charge < -0.3 is 15.1 Å². The van der Waals surface area contributed by atoms with Gasteiger partial charge in [-0.2, -0.15) is 4.31 Å². The predicted octanol–water partition coefficient (Wildman–Crippen LogP) is 3.56. The Labute approximate surface area is 196 Å². The lowest BCUT2D eigenvalue weighted by Gasteiger charge is -2.36. The first kappa shape index (κ1) is 25.1. The molecule has 33 heavy (non-hydrogen) atoms. The van der Waals surface area contributed by atoms with Crippen LogP contribution in [0.3, 0.4) is 0 Å². The molecule has 0 unspecified atom stereocenters. The highest BCUT2D eigenvalue weighted by molar-refractivity contribution is 7.89. The Kier molecular flexibility index (Phi) is 8.10. The number of aryl methyl sites for hydroxylation is 1. The summed E-state index contributed by atoms with van der Waals surface area (Å²) >= 11 is 0. The lowest BCUT2D eigenvalue weighted by Crippen LogP contribution is -2.46. The number of amides is 1. The Morgan fingerprint density at radius 2 is 1.70 bits per heavy atom. The van der Waals surface area contributed by atoms with Gasteiger partial charge in [-0.05, 0) is 49.4 Å². The molecule has 1 fully saturated rings. The van der Waals surface area contributed by atoms with Crippen LogP contribution >= 0.6 is 0 Å². The van der Waals surface area contributed by atoms with E-state index in [2.05, 4.69) is 22.0 Å². The van der Waals surface area contributed by atoms with Crippen LogP contribution in [0.25, 0.3) is 0 Å². The summed E-state index contributed by atoms with van der Waals surface area (Å²) in [6.45, 7) is 12.4. The Morgan fingerprint density at radius 1 is 1.03 bits per heavy atom. The van der Waals surface area contributed by atoms with Crippen molar-refractivity contribution in [3.8, 4) is 0 Å². The summed E-state index contributed by atoms with van der Waals surface area (Å²) in [5.41, 5.74) is 2.01. The van der Waals surface area contributed by atoms with Gasteiger partial charge in [-0.3, -0.25) is 4.79 Å². The summed E-state index contributed by atoms with van der Waals surface area (Å²) in [6.07, 6.45) is 0. The Bertz CT molecular complexity index is 1090. The highest BCUT2D eigenvalue weighted by atomic mass is 32.2. The van der Waals surface area contributed by atoms with Gasteiger partial charge in [-0.25, -0.2) is 12.8 Å². The van der Waals surface area contributed by atoms with E-state index < -0.39 is 21.7 Å². The fourth-order valence-corrected chi connectivity index (χ4v) is 5.58. The van der Waals surface area contributed by atoms with E-state index in [1.165, 1.54) is 22.5 Å². The molecule has 1 aliphatic rings. The summed E-state index contributed by atoms with van der Waals surface area (Å²) in [7, 11) is -3.70. The van der Waals surface area contributed by atoms with E-state index in [-0.39, 0.29) is 10.5 Å². The predicted molar refractivity (Wildman–Crippen MR) is 130 cm³/mol. The number of rotatable bonds is 8. The van der Waals surface area contributed by atoms with E-state index in [0.29, 0.717) is 24.3 Å². The van der Waals surface area contributed by atoms with Gasteiger partial charge in [0.1, 0.15) is 5.82 Å². The van der Waals surface area contributed by atoms with Crippen molar-refractivity contribution >= 4 is 27.3 Å². The lowest BCUT2D eigenvalue weighted by atomic mass is 10.1. The quantitative estimate of drug-likeness (QED) is 0.631. The fraction of sp³-hybridized carbons (Fsp3) is 0.458. The Balaban J connectivity index is 2.01. The van der Waals surface area contributed by atoms with Crippen molar-refractivity contribution in [3.63, 3.8) is 0 Å². The third-order valence-corrected chi connectivity index (χ3v) is 8.21. The molecular weight excluding hydrogens is 443 g/mol. The van der Waals surface area contributed by atoms with Crippen LogP contribution in [0.5, 0.6) is 0 Å². The molecule has 1 aliphatic heterocycles. The normalized spacial score (nSPS) is 15.2. The standard InChI is InChI=1S/C24H33FN4O3S/c1-5-27-12-14-28(15-13-27)23-11-10-20(33(31,32)29(6-2)7-3)17-22(23)26-24(30)21-16-19(25)9-8-18(21)4/h8-11,16-17H,5-7,12-15H2,1-4H3,(H,26,30). The summed E-state index contributed by atoms with van der Waals surface area (Å²) in [4.78, 5) is 17.7. The smallest absolute Gasteiger partial charge is 0.256 e. The van der Waals surface area contributed by atoms with Crippen LogP contribution < -0.4 is 10.2 Å². The van der Waals surface area contributed by atoms with Crippen molar-refractivity contribution in [2.75, 3.05) is 56.0 Å². The number of likely N-dealkylation sites (N-methyl/N-ethyl adjacent to an activating group) is 1. The van der Waals surface area contributed by atoms with Crippen LogP contribution in [-0.4, -0.2) is 69.3 Å². The van der Waals surface area contributed by atoms with Crippen molar-refractivity contribution in [2.24, 2.45) is 0 Å². The number of hydrogen-bond acceptors (Lipinski definition) is 5. The molecule has 1 amide bonds. The number of sulfonamides is 1. The van der Waals surface area contributed by atoms with Crippen molar-refractivity contribution < 1.29 is 17.6 Å². The zero-order chi connectivity index (χ0) is 24.2. The summed E-state index contributed by atoms with van der Waals surface area (Å²) in [6, 6.07) is 8.92. The molecule has 0 saturated carbocycles. The third-order valence-electron chi connectivity index (χ3n) is 6.16. The first-order chi connectivity index (χ1) is 15.7. The van der Waals surface area contributed by atoms with E-state index in [4.69, 9.17) is 0 Å². The number of benzene rings is 2. The van der Waals surface area contributed by atoms with Crippen LogP contribution in [0, 0.1) is 12.7 Å². The van der Waals surface area contributed by atoms with E-state index in [0.717, 1.165) is 38.4 Å². The van der Waals surface area contributed by atoms with Gasteiger partial charge in [0.25, 0.3) is 5.91 Å². The largest absolute Gasteiger partial charge is 0.367 e. The maximum absolute atomic E-state index is 13.8. The summed E-state index contributed by atoms with van der Waals surface area (Å²) < 4.78 is 41.4. The van der Waals surface area contributed by atoms with Gasteiger partial charge in [0.2, 0.25) is 10.0 Å². The van der Waals surface area contributed by atoms with E-state index in [1.54, 1.807) is 39.0 Å². The maximum Gasteiger partial charge on any atom is 0.256 e. The fourth-order valence-electron chi connectivity index (χ4n) is 4.10. The van der Waals surface area contributed by atoms with Crippen molar-refractivity contribution in [2.45, 2.75) is 32.6 Å². The molecule has 0 atom stereocenters. The molecule has 0 bridgehead atoms. The molecule has 0 spiro atoms. The second-order valence-electron chi connectivity index (χ2n) is 8.10. The molecule has 0 radical (unpaired) electrons. The minimum Gasteiger partial charge on any atom is -0.367 e. The zero-order valence-electron chi connectivity index (χ0n) is 19.8. The minimum atomic E-state index is -3.70. The Morgan fingerprint density at radius 3 is 2.30 bits per heavy atom. The molecule has 9 heteroatoms. The molecule has 3 rings (SSSR count). The number of halogens is 1. The topological polar surface area (TPSA) is 73.0 Å². The Hall–Kier alpha value is -2.49. The van der Waals surface area contributed by atoms with Crippen LogP contribution in [0.2, 0.25) is 0 Å². The zero-order valence-corrected chi connectivity index (χ0v) is 20.6. The molecule has 1 saturated heterocycles. The van der Waals surface area contributed by atoms with Gasteiger partial charge >= 0.3 is 0 Å². The highest BCUT2D eigenvalue weighted by Gasteiger charge is 2.26. The van der Waals surface area contributed by atoms with Gasteiger partial charge in [-0.1, -0.05) is 26.8 Å². The number of nitrogens with zero attached hydrogens (tertiary/aromatic N) is 3. The minimum absolute atomic E-state index is 0.119. The van der Waals surface area contributed by atoms with Crippen molar-refractivity contribution in [1.29, 1.82) is 0 Å². The number of anilines is 2. The summed E-state index contributed by atoms with van der Waals surface area (Å²) in [5, 5.41) is 2.86. The average Bonchev–Trinajstić information content (AvgIpc) is 2.81. The number of carbonyl (C=O) groups excluding carboxylic acids is 1. The maximum atomic E-state index is 13.8. The molecule has 7 nitrogen and oxygen atoms in total. The van der Waals surface area contributed by atoms with Crippen LogP contribution in [0.4, 0.5) is 15.8 Å². The van der Waals surface area contributed by atoms with E-state index in [1.807, 2.05) is 0 Å². The summed E-state index contributed by atoms with van der Waals surface area (Å²) in [5.74, 6) is -0.975. The monoisotopic (exact) mass is 476 g/mol. The lowest BCUT2D eigenvalue weighted by molar-refractivity contribution is 0.102. The number of nitrogens with one attached hydrogen (secondary N) is 1. The molecular formula is C24H33FN4O3S. The molecule has 2 aromatic carbocycles. The van der Waals surface area contributed by atoms with Crippen molar-refractivity contribution in [3.05, 3.63) is 53.3 Å². The number of carbonyl (C=O) groups is 1. The van der Waals surface area contributed by atoms with Gasteiger partial charge in [0.15, 0.2) is 0 Å². The van der Waals surface area contributed by atoms with Crippen LogP contribution in [-0.2, 0) is 10.0 Å². The molecule has 1 heterocycles. The van der Waals surface area contributed by atoms with Gasteiger partial charge in [-0.15, -0.1) is 0 Å². The second-order valence-corrected chi connectivity index (χ2v) is 10.0. The second kappa shape index (κ2) is 10.6. The van der Waals surface area contributed by atoms with E-state index in [9.17, 15) is 17.6 Å².